The fourth-order valence-corrected chi connectivity index (χ4v) is 3.13. The fraction of sp³-hybridized carbons (Fsp3) is 0.800. The Morgan fingerprint density at radius 2 is 2.00 bits per heavy atom. The summed E-state index contributed by atoms with van der Waals surface area (Å²) in [4.78, 5) is 38.3. The van der Waals surface area contributed by atoms with Gasteiger partial charge in [-0.2, -0.15) is 0 Å². The molecule has 0 aromatic carbocycles. The summed E-state index contributed by atoms with van der Waals surface area (Å²) in [7, 11) is 2.51. The number of imide groups is 1. The van der Waals surface area contributed by atoms with Crippen LogP contribution < -0.4 is 0 Å². The Morgan fingerprint density at radius 3 is 2.46 bits per heavy atom. The Bertz CT molecular complexity index is 542. The first-order valence-electron chi connectivity index (χ1n) is 7.57. The van der Waals surface area contributed by atoms with Crippen LogP contribution >= 0.6 is 0 Å². The van der Waals surface area contributed by atoms with Crippen molar-refractivity contribution in [2.75, 3.05) is 20.8 Å². The fourth-order valence-electron chi connectivity index (χ4n) is 3.13. The Morgan fingerprint density at radius 1 is 1.38 bits per heavy atom. The number of hydrogen-bond donors (Lipinski definition) is 1. The number of likely N-dealkylation sites (tertiary alicyclic amines) is 1. The number of hydrogen-bond acceptors (Lipinski definition) is 8. The van der Waals surface area contributed by atoms with E-state index >= 15 is 0 Å². The molecule has 0 spiro atoms. The minimum absolute atomic E-state index is 0.165. The SMILES string of the molecule is COC(=O)[C@@]1(CO)C2O[C@@H](OC)CC2C(=O)N1C(=O)OC(C)(C)C. The lowest BCUT2D eigenvalue weighted by molar-refractivity contribution is -0.180. The minimum atomic E-state index is -1.99. The predicted molar refractivity (Wildman–Crippen MR) is 78.7 cm³/mol. The van der Waals surface area contributed by atoms with Gasteiger partial charge in [-0.1, -0.05) is 0 Å². The highest BCUT2D eigenvalue weighted by Crippen LogP contribution is 2.45. The highest BCUT2D eigenvalue weighted by Gasteiger charge is 2.70. The standard InChI is InChI=1S/C15H23NO8/c1-14(2,3)24-13(20)16-11(18)8-6-9(21-4)23-10(8)15(16,7-17)12(19)22-5/h8-10,17H,6-7H2,1-5H3/t8?,9-,10?,15-/m1/s1. The molecule has 9 nitrogen and oxygen atoms in total. The molecule has 0 saturated carbocycles. The third-order valence-corrected chi connectivity index (χ3v) is 4.14. The van der Waals surface area contributed by atoms with Crippen LogP contribution in [-0.2, 0) is 28.5 Å². The molecule has 0 bridgehead atoms. The molecule has 2 heterocycles. The van der Waals surface area contributed by atoms with Crippen LogP contribution in [0.25, 0.3) is 0 Å². The Balaban J connectivity index is 2.47. The molecule has 2 aliphatic rings. The number of carbonyl (C=O) groups excluding carboxylic acids is 3. The first-order valence-corrected chi connectivity index (χ1v) is 7.57. The van der Waals surface area contributed by atoms with E-state index in [0.717, 1.165) is 7.11 Å². The van der Waals surface area contributed by atoms with Crippen LogP contribution in [-0.4, -0.2) is 72.3 Å². The second-order valence-electron chi connectivity index (χ2n) is 6.79. The van der Waals surface area contributed by atoms with E-state index in [1.807, 2.05) is 0 Å². The van der Waals surface area contributed by atoms with E-state index in [1.54, 1.807) is 20.8 Å². The summed E-state index contributed by atoms with van der Waals surface area (Å²) in [6, 6.07) is 0. The smallest absolute Gasteiger partial charge is 0.418 e. The summed E-state index contributed by atoms with van der Waals surface area (Å²) < 4.78 is 20.6. The van der Waals surface area contributed by atoms with Crippen molar-refractivity contribution in [1.82, 2.24) is 4.90 Å². The van der Waals surface area contributed by atoms with Crippen molar-refractivity contribution >= 4 is 18.0 Å². The summed E-state index contributed by atoms with van der Waals surface area (Å²) in [6.07, 6.45) is -2.64. The highest BCUT2D eigenvalue weighted by molar-refractivity contribution is 6.04. The molecule has 9 heteroatoms. The molecule has 24 heavy (non-hydrogen) atoms. The molecule has 4 atom stereocenters. The van der Waals surface area contributed by atoms with E-state index in [2.05, 4.69) is 0 Å². The number of carbonyl (C=O) groups is 3. The number of nitrogens with zero attached hydrogens (tertiary/aromatic N) is 1. The van der Waals surface area contributed by atoms with E-state index < -0.39 is 54.0 Å². The molecule has 2 amide bonds. The largest absolute Gasteiger partial charge is 0.467 e. The van der Waals surface area contributed by atoms with Gasteiger partial charge in [-0.25, -0.2) is 14.5 Å². The van der Waals surface area contributed by atoms with Gasteiger partial charge < -0.3 is 24.1 Å². The minimum Gasteiger partial charge on any atom is -0.467 e. The zero-order valence-corrected chi connectivity index (χ0v) is 14.4. The van der Waals surface area contributed by atoms with E-state index in [0.29, 0.717) is 4.90 Å². The number of methoxy groups -OCH3 is 2. The number of aliphatic hydroxyl groups excluding tert-OH is 1. The summed E-state index contributed by atoms with van der Waals surface area (Å²) in [5.74, 6) is -2.42. The van der Waals surface area contributed by atoms with Gasteiger partial charge >= 0.3 is 12.1 Å². The molecule has 2 saturated heterocycles. The van der Waals surface area contributed by atoms with Gasteiger partial charge in [0, 0.05) is 13.5 Å². The topological polar surface area (TPSA) is 112 Å². The molecule has 0 aromatic rings. The number of rotatable bonds is 3. The summed E-state index contributed by atoms with van der Waals surface area (Å²) in [5.41, 5.74) is -2.88. The van der Waals surface area contributed by atoms with Gasteiger partial charge in [-0.15, -0.1) is 0 Å². The van der Waals surface area contributed by atoms with Crippen LogP contribution in [0.5, 0.6) is 0 Å². The highest BCUT2D eigenvalue weighted by atomic mass is 16.7. The summed E-state index contributed by atoms with van der Waals surface area (Å²) in [5, 5.41) is 9.94. The van der Waals surface area contributed by atoms with Crippen LogP contribution in [0, 0.1) is 5.92 Å². The molecular weight excluding hydrogens is 322 g/mol. The zero-order chi connectivity index (χ0) is 18.3. The number of ether oxygens (including phenoxy) is 4. The van der Waals surface area contributed by atoms with Crippen molar-refractivity contribution in [1.29, 1.82) is 0 Å². The van der Waals surface area contributed by atoms with Crippen LogP contribution in [0.2, 0.25) is 0 Å². The second kappa shape index (κ2) is 6.30. The maximum atomic E-state index is 12.7. The maximum absolute atomic E-state index is 12.7. The lowest BCUT2D eigenvalue weighted by Gasteiger charge is -2.36. The van der Waals surface area contributed by atoms with Crippen LogP contribution in [0.15, 0.2) is 0 Å². The number of amides is 2. The number of fused-ring (bicyclic) bond motifs is 1. The molecule has 2 rings (SSSR count). The Kier molecular flexibility index (Phi) is 4.89. The van der Waals surface area contributed by atoms with Gasteiger partial charge in [-0.3, -0.25) is 4.79 Å². The van der Waals surface area contributed by atoms with Gasteiger partial charge in [0.2, 0.25) is 11.4 Å². The molecular formula is C15H23NO8. The monoisotopic (exact) mass is 345 g/mol. The molecule has 136 valence electrons. The normalized spacial score (nSPS) is 32.7. The molecule has 2 fully saturated rings. The molecule has 0 radical (unpaired) electrons. The van der Waals surface area contributed by atoms with Gasteiger partial charge in [-0.05, 0) is 20.8 Å². The number of esters is 1. The van der Waals surface area contributed by atoms with E-state index in [1.165, 1.54) is 7.11 Å². The first kappa shape index (κ1) is 18.6. The average Bonchev–Trinajstić information content (AvgIpc) is 3.02. The van der Waals surface area contributed by atoms with Crippen molar-refractivity contribution in [3.8, 4) is 0 Å². The molecule has 0 aromatic heterocycles. The van der Waals surface area contributed by atoms with Crippen molar-refractivity contribution in [3.63, 3.8) is 0 Å². The molecule has 0 aliphatic carbocycles. The predicted octanol–water partition coefficient (Wildman–Crippen LogP) is 0.0454. The van der Waals surface area contributed by atoms with Gasteiger partial charge in [0.15, 0.2) is 6.29 Å². The van der Waals surface area contributed by atoms with Crippen molar-refractivity contribution < 1.29 is 38.4 Å². The summed E-state index contributed by atoms with van der Waals surface area (Å²) in [6.45, 7) is 4.04. The van der Waals surface area contributed by atoms with Gasteiger partial charge in [0.1, 0.15) is 11.7 Å². The third-order valence-electron chi connectivity index (χ3n) is 4.14. The first-order chi connectivity index (χ1) is 11.1. The Labute approximate surface area is 139 Å². The lowest BCUT2D eigenvalue weighted by atomic mass is 9.89. The molecule has 1 N–H and O–H groups in total. The second-order valence-corrected chi connectivity index (χ2v) is 6.79. The van der Waals surface area contributed by atoms with Crippen LogP contribution in [0.1, 0.15) is 27.2 Å². The third kappa shape index (κ3) is 2.76. The van der Waals surface area contributed by atoms with Gasteiger partial charge in [0.05, 0.1) is 19.6 Å². The van der Waals surface area contributed by atoms with Crippen LogP contribution in [0.3, 0.4) is 0 Å². The van der Waals surface area contributed by atoms with Gasteiger partial charge in [0.25, 0.3) is 0 Å². The van der Waals surface area contributed by atoms with E-state index in [-0.39, 0.29) is 6.42 Å². The number of aliphatic hydroxyl groups is 1. The molecule has 2 unspecified atom stereocenters. The van der Waals surface area contributed by atoms with Crippen molar-refractivity contribution in [3.05, 3.63) is 0 Å². The van der Waals surface area contributed by atoms with Crippen molar-refractivity contribution in [2.45, 2.75) is 50.7 Å². The summed E-state index contributed by atoms with van der Waals surface area (Å²) >= 11 is 0. The van der Waals surface area contributed by atoms with E-state index in [9.17, 15) is 19.5 Å². The quantitative estimate of drug-likeness (QED) is 0.714. The van der Waals surface area contributed by atoms with E-state index in [4.69, 9.17) is 18.9 Å². The zero-order valence-electron chi connectivity index (χ0n) is 14.4. The van der Waals surface area contributed by atoms with Crippen LogP contribution in [0.4, 0.5) is 4.79 Å². The molecule has 2 aliphatic heterocycles. The lowest BCUT2D eigenvalue weighted by Crippen LogP contribution is -2.63. The average molecular weight is 345 g/mol. The maximum Gasteiger partial charge on any atom is 0.418 e. The van der Waals surface area contributed by atoms with Crippen molar-refractivity contribution in [2.24, 2.45) is 5.92 Å². The Hall–Kier alpha value is -1.71.